The number of carbonyl (C=O) groups excluding carboxylic acids is 2. The number of nitrogens with one attached hydrogen (secondary N) is 3. The lowest BCUT2D eigenvalue weighted by Crippen LogP contribution is -2.49. The van der Waals surface area contributed by atoms with E-state index in [2.05, 4.69) is 39.7 Å². The molecule has 2 amide bonds. The molecular weight excluding hydrogens is 356 g/mol. The number of nitrogens with two attached hydrogens (primary N) is 1. The molecule has 0 bridgehead atoms. The average molecular weight is 389 g/mol. The molecule has 1 saturated heterocycles. The SMILES string of the molecule is CN=C(NCc1ccc(C(=O)NCC(N)=O)cc1)NC1CCN(C(C)C)CC1. The fraction of sp³-hybridized carbons (Fsp3) is 0.550. The van der Waals surface area contributed by atoms with Crippen molar-refractivity contribution in [2.45, 2.75) is 45.3 Å². The number of nitrogens with zero attached hydrogens (tertiary/aromatic N) is 2. The lowest BCUT2D eigenvalue weighted by Gasteiger charge is -2.35. The van der Waals surface area contributed by atoms with Gasteiger partial charge in [0.05, 0.1) is 6.54 Å². The van der Waals surface area contributed by atoms with Gasteiger partial charge in [0.1, 0.15) is 0 Å². The molecule has 1 aliphatic heterocycles. The first-order valence-corrected chi connectivity index (χ1v) is 9.75. The summed E-state index contributed by atoms with van der Waals surface area (Å²) in [5.41, 5.74) is 6.55. The van der Waals surface area contributed by atoms with Crippen LogP contribution in [0.4, 0.5) is 0 Å². The summed E-state index contributed by atoms with van der Waals surface area (Å²) in [7, 11) is 1.77. The largest absolute Gasteiger partial charge is 0.368 e. The van der Waals surface area contributed by atoms with E-state index in [1.54, 1.807) is 19.2 Å². The van der Waals surface area contributed by atoms with Crippen LogP contribution >= 0.6 is 0 Å². The van der Waals surface area contributed by atoms with Crippen LogP contribution in [0.5, 0.6) is 0 Å². The molecule has 1 heterocycles. The van der Waals surface area contributed by atoms with E-state index in [9.17, 15) is 9.59 Å². The second-order valence-electron chi connectivity index (χ2n) is 7.32. The fourth-order valence-electron chi connectivity index (χ4n) is 3.18. The third-order valence-electron chi connectivity index (χ3n) is 4.92. The molecule has 0 atom stereocenters. The van der Waals surface area contributed by atoms with E-state index >= 15 is 0 Å². The monoisotopic (exact) mass is 388 g/mol. The van der Waals surface area contributed by atoms with Crippen molar-refractivity contribution < 1.29 is 9.59 Å². The van der Waals surface area contributed by atoms with Gasteiger partial charge in [-0.1, -0.05) is 12.1 Å². The van der Waals surface area contributed by atoms with Crippen molar-refractivity contribution >= 4 is 17.8 Å². The van der Waals surface area contributed by atoms with Crippen LogP contribution in [0.15, 0.2) is 29.3 Å². The van der Waals surface area contributed by atoms with Crippen molar-refractivity contribution in [1.82, 2.24) is 20.9 Å². The molecular formula is C20H32N6O2. The number of aliphatic imine (C=N–C) groups is 1. The van der Waals surface area contributed by atoms with E-state index < -0.39 is 5.91 Å². The number of hydrogen-bond donors (Lipinski definition) is 4. The Kier molecular flexibility index (Phi) is 8.25. The Hall–Kier alpha value is -2.61. The summed E-state index contributed by atoms with van der Waals surface area (Å²) in [6.07, 6.45) is 2.21. The molecule has 0 saturated carbocycles. The number of guanidine groups is 1. The van der Waals surface area contributed by atoms with Crippen molar-refractivity contribution in [1.29, 1.82) is 0 Å². The standard InChI is InChI=1S/C20H32N6O2/c1-14(2)26-10-8-17(9-11-26)25-20(22-3)24-12-15-4-6-16(7-5-15)19(28)23-13-18(21)27/h4-7,14,17H,8-13H2,1-3H3,(H2,21,27)(H,23,28)(H2,22,24,25). The average Bonchev–Trinajstić information content (AvgIpc) is 2.70. The Bertz CT molecular complexity index is 678. The van der Waals surface area contributed by atoms with Gasteiger partial charge < -0.3 is 26.6 Å². The van der Waals surface area contributed by atoms with Gasteiger partial charge in [0.15, 0.2) is 5.96 Å². The number of benzene rings is 1. The molecule has 0 aliphatic carbocycles. The highest BCUT2D eigenvalue weighted by atomic mass is 16.2. The zero-order valence-electron chi connectivity index (χ0n) is 17.0. The maximum Gasteiger partial charge on any atom is 0.251 e. The van der Waals surface area contributed by atoms with Crippen molar-refractivity contribution in [3.8, 4) is 0 Å². The fourth-order valence-corrected chi connectivity index (χ4v) is 3.18. The number of amides is 2. The van der Waals surface area contributed by atoms with Gasteiger partial charge in [0.25, 0.3) is 5.91 Å². The molecule has 1 fully saturated rings. The van der Waals surface area contributed by atoms with Crippen LogP contribution in [-0.4, -0.2) is 61.4 Å². The van der Waals surface area contributed by atoms with Gasteiger partial charge in [-0.15, -0.1) is 0 Å². The van der Waals surface area contributed by atoms with E-state index in [0.29, 0.717) is 24.2 Å². The molecule has 8 heteroatoms. The van der Waals surface area contributed by atoms with E-state index in [4.69, 9.17) is 5.73 Å². The third kappa shape index (κ3) is 6.84. The lowest BCUT2D eigenvalue weighted by molar-refractivity contribution is -0.117. The Labute approximate surface area is 167 Å². The van der Waals surface area contributed by atoms with Gasteiger partial charge in [-0.2, -0.15) is 0 Å². The van der Waals surface area contributed by atoms with Crippen LogP contribution < -0.4 is 21.7 Å². The normalized spacial score (nSPS) is 16.1. The summed E-state index contributed by atoms with van der Waals surface area (Å²) in [5, 5.41) is 9.29. The first kappa shape index (κ1) is 21.7. The topological polar surface area (TPSA) is 112 Å². The van der Waals surface area contributed by atoms with Gasteiger partial charge in [0.2, 0.25) is 5.91 Å². The molecule has 0 radical (unpaired) electrons. The smallest absolute Gasteiger partial charge is 0.251 e. The van der Waals surface area contributed by atoms with E-state index in [1.807, 2.05) is 12.1 Å². The number of piperidine rings is 1. The van der Waals surface area contributed by atoms with Crippen LogP contribution in [0.2, 0.25) is 0 Å². The minimum Gasteiger partial charge on any atom is -0.368 e. The maximum atomic E-state index is 11.9. The van der Waals surface area contributed by atoms with Crippen LogP contribution in [0, 0.1) is 0 Å². The van der Waals surface area contributed by atoms with Crippen molar-refractivity contribution in [3.05, 3.63) is 35.4 Å². The molecule has 2 rings (SSSR count). The van der Waals surface area contributed by atoms with E-state index in [-0.39, 0.29) is 12.5 Å². The second kappa shape index (κ2) is 10.7. The first-order valence-electron chi connectivity index (χ1n) is 9.75. The van der Waals surface area contributed by atoms with Gasteiger partial charge in [-0.25, -0.2) is 0 Å². The molecule has 0 unspecified atom stereocenters. The second-order valence-corrected chi connectivity index (χ2v) is 7.32. The minimum absolute atomic E-state index is 0.166. The van der Waals surface area contributed by atoms with Gasteiger partial charge in [-0.05, 0) is 44.4 Å². The number of rotatable bonds is 7. The highest BCUT2D eigenvalue weighted by molar-refractivity contribution is 5.96. The zero-order chi connectivity index (χ0) is 20.5. The van der Waals surface area contributed by atoms with Gasteiger partial charge in [-0.3, -0.25) is 14.6 Å². The zero-order valence-corrected chi connectivity index (χ0v) is 17.0. The number of primary amides is 1. The van der Waals surface area contributed by atoms with Gasteiger partial charge >= 0.3 is 0 Å². The first-order chi connectivity index (χ1) is 13.4. The molecule has 5 N–H and O–H groups in total. The summed E-state index contributed by atoms with van der Waals surface area (Å²) in [5.74, 6) is -0.0993. The summed E-state index contributed by atoms with van der Waals surface area (Å²) < 4.78 is 0. The van der Waals surface area contributed by atoms with E-state index in [1.165, 1.54) is 0 Å². The quantitative estimate of drug-likeness (QED) is 0.400. The summed E-state index contributed by atoms with van der Waals surface area (Å²) in [6.45, 7) is 7.12. The lowest BCUT2D eigenvalue weighted by atomic mass is 10.0. The number of likely N-dealkylation sites (tertiary alicyclic amines) is 1. The van der Waals surface area contributed by atoms with Crippen LogP contribution in [0.3, 0.4) is 0 Å². The van der Waals surface area contributed by atoms with Crippen molar-refractivity contribution in [3.63, 3.8) is 0 Å². The molecule has 1 aromatic carbocycles. The predicted molar refractivity (Wildman–Crippen MR) is 111 cm³/mol. The van der Waals surface area contributed by atoms with Gasteiger partial charge in [0, 0.05) is 44.3 Å². The summed E-state index contributed by atoms with van der Waals surface area (Å²) in [6, 6.07) is 8.23. The Morgan fingerprint density at radius 3 is 2.36 bits per heavy atom. The van der Waals surface area contributed by atoms with Crippen LogP contribution in [0.1, 0.15) is 42.6 Å². The Morgan fingerprint density at radius 1 is 1.18 bits per heavy atom. The third-order valence-corrected chi connectivity index (χ3v) is 4.92. The van der Waals surface area contributed by atoms with Crippen molar-refractivity contribution in [2.24, 2.45) is 10.7 Å². The summed E-state index contributed by atoms with van der Waals surface area (Å²) in [4.78, 5) is 29.4. The van der Waals surface area contributed by atoms with Crippen LogP contribution in [-0.2, 0) is 11.3 Å². The molecule has 1 aromatic rings. The molecule has 0 aromatic heterocycles. The highest BCUT2D eigenvalue weighted by Crippen LogP contribution is 2.13. The van der Waals surface area contributed by atoms with E-state index in [0.717, 1.165) is 37.5 Å². The summed E-state index contributed by atoms with van der Waals surface area (Å²) >= 11 is 0. The molecule has 28 heavy (non-hydrogen) atoms. The molecule has 8 nitrogen and oxygen atoms in total. The number of carbonyl (C=O) groups is 2. The highest BCUT2D eigenvalue weighted by Gasteiger charge is 2.21. The predicted octanol–water partition coefficient (Wildman–Crippen LogP) is 0.440. The minimum atomic E-state index is -0.567. The molecule has 154 valence electrons. The Balaban J connectivity index is 1.79. The molecule has 0 spiro atoms. The van der Waals surface area contributed by atoms with Crippen molar-refractivity contribution in [2.75, 3.05) is 26.7 Å². The van der Waals surface area contributed by atoms with Crippen LogP contribution in [0.25, 0.3) is 0 Å². The molecule has 1 aliphatic rings. The number of hydrogen-bond acceptors (Lipinski definition) is 4. The Morgan fingerprint density at radius 2 is 1.82 bits per heavy atom. The maximum absolute atomic E-state index is 11.9.